The average Bonchev–Trinajstić information content (AvgIpc) is 2.86. The van der Waals surface area contributed by atoms with Crippen molar-refractivity contribution in [3.8, 4) is 11.8 Å². The van der Waals surface area contributed by atoms with Gasteiger partial charge in [-0.15, -0.1) is 5.10 Å². The van der Waals surface area contributed by atoms with Crippen LogP contribution < -0.4 is 4.74 Å². The fourth-order valence-electron chi connectivity index (χ4n) is 2.50. The molecule has 0 aliphatic rings. The molecule has 0 spiro atoms. The van der Waals surface area contributed by atoms with Crippen LogP contribution in [0.4, 0.5) is 0 Å². The quantitative estimate of drug-likeness (QED) is 0.726. The van der Waals surface area contributed by atoms with Crippen molar-refractivity contribution in [2.24, 2.45) is 0 Å². The molecule has 0 saturated heterocycles. The van der Waals surface area contributed by atoms with Gasteiger partial charge in [0, 0.05) is 23.9 Å². The molecular formula is C18H20N4O. The second-order valence-corrected chi connectivity index (χ2v) is 5.37. The van der Waals surface area contributed by atoms with Crippen LogP contribution in [0, 0.1) is 13.8 Å². The number of hydrogen-bond acceptors (Lipinski definition) is 4. The maximum Gasteiger partial charge on any atom is 0.251 e. The topological polar surface area (TPSA) is 52.8 Å². The van der Waals surface area contributed by atoms with Crippen molar-refractivity contribution >= 4 is 0 Å². The molecule has 23 heavy (non-hydrogen) atoms. The maximum atomic E-state index is 5.73. The monoisotopic (exact) mass is 308 g/mol. The third-order valence-electron chi connectivity index (χ3n) is 3.68. The van der Waals surface area contributed by atoms with Gasteiger partial charge in [0.1, 0.15) is 0 Å². The van der Waals surface area contributed by atoms with Gasteiger partial charge < -0.3 is 4.74 Å². The van der Waals surface area contributed by atoms with Crippen LogP contribution in [-0.4, -0.2) is 26.4 Å². The zero-order valence-electron chi connectivity index (χ0n) is 13.7. The highest BCUT2D eigenvalue weighted by molar-refractivity contribution is 5.38. The number of aryl methyl sites for hydroxylation is 1. The molecule has 3 rings (SSSR count). The first-order valence-corrected chi connectivity index (χ1v) is 7.74. The van der Waals surface area contributed by atoms with Gasteiger partial charge in [-0.1, -0.05) is 30.3 Å². The minimum atomic E-state index is 0.572. The van der Waals surface area contributed by atoms with Crippen LogP contribution in [0.5, 0.6) is 5.88 Å². The molecule has 0 aliphatic carbocycles. The molecule has 0 aliphatic heterocycles. The van der Waals surface area contributed by atoms with Crippen molar-refractivity contribution in [2.75, 3.05) is 6.61 Å². The molecule has 0 saturated carbocycles. The average molecular weight is 308 g/mol. The highest BCUT2D eigenvalue weighted by atomic mass is 16.5. The summed E-state index contributed by atoms with van der Waals surface area (Å²) in [6.45, 7) is 6.51. The van der Waals surface area contributed by atoms with Crippen LogP contribution in [0.15, 0.2) is 42.6 Å². The van der Waals surface area contributed by atoms with E-state index in [1.807, 2.05) is 45.0 Å². The van der Waals surface area contributed by atoms with E-state index in [4.69, 9.17) is 4.74 Å². The van der Waals surface area contributed by atoms with Crippen LogP contribution >= 0.6 is 0 Å². The summed E-state index contributed by atoms with van der Waals surface area (Å²) in [5.74, 6) is 1.22. The van der Waals surface area contributed by atoms with Crippen molar-refractivity contribution in [3.05, 3.63) is 65.1 Å². The van der Waals surface area contributed by atoms with E-state index in [0.717, 1.165) is 23.4 Å². The smallest absolute Gasteiger partial charge is 0.251 e. The first-order valence-electron chi connectivity index (χ1n) is 7.74. The van der Waals surface area contributed by atoms with Crippen molar-refractivity contribution in [2.45, 2.75) is 27.2 Å². The zero-order valence-corrected chi connectivity index (χ0v) is 13.7. The normalized spacial score (nSPS) is 10.7. The lowest BCUT2D eigenvalue weighted by Gasteiger charge is -2.05. The summed E-state index contributed by atoms with van der Waals surface area (Å²) in [4.78, 5) is 8.79. The van der Waals surface area contributed by atoms with Gasteiger partial charge in [-0.25, -0.2) is 9.97 Å². The highest BCUT2D eigenvalue weighted by Gasteiger charge is 2.18. The van der Waals surface area contributed by atoms with Crippen LogP contribution in [0.3, 0.4) is 0 Å². The summed E-state index contributed by atoms with van der Waals surface area (Å²) in [5, 5.41) is 4.58. The Bertz CT molecular complexity index is 796. The molecule has 0 radical (unpaired) electrons. The number of hydrogen-bond donors (Lipinski definition) is 0. The second-order valence-electron chi connectivity index (χ2n) is 5.37. The van der Waals surface area contributed by atoms with E-state index in [2.05, 4.69) is 27.2 Å². The summed E-state index contributed by atoms with van der Waals surface area (Å²) in [6, 6.07) is 12.2. The Balaban J connectivity index is 2.04. The fraction of sp³-hybridized carbons (Fsp3) is 0.278. The molecule has 0 fully saturated rings. The van der Waals surface area contributed by atoms with Gasteiger partial charge in [-0.3, -0.25) is 0 Å². The van der Waals surface area contributed by atoms with Gasteiger partial charge in [0.25, 0.3) is 5.95 Å². The number of ether oxygens (including phenoxy) is 1. The Hall–Kier alpha value is -2.69. The molecule has 5 heteroatoms. The standard InChI is InChI=1S/C18H20N4O/c1-4-23-17-16(12-15-8-6-5-7-9-15)14(3)22(21-17)18-19-11-10-13(2)20-18/h5-11H,4,12H2,1-3H3. The van der Waals surface area contributed by atoms with Gasteiger partial charge in [0.15, 0.2) is 0 Å². The molecule has 1 aromatic carbocycles. The fourth-order valence-corrected chi connectivity index (χ4v) is 2.50. The molecule has 3 aromatic rings. The minimum absolute atomic E-state index is 0.572. The van der Waals surface area contributed by atoms with Gasteiger partial charge in [-0.05, 0) is 32.4 Å². The second kappa shape index (κ2) is 6.60. The lowest BCUT2D eigenvalue weighted by molar-refractivity contribution is 0.321. The third-order valence-corrected chi connectivity index (χ3v) is 3.68. The number of nitrogens with zero attached hydrogens (tertiary/aromatic N) is 4. The van der Waals surface area contributed by atoms with Crippen molar-refractivity contribution < 1.29 is 4.74 Å². The van der Waals surface area contributed by atoms with Crippen LogP contribution in [0.1, 0.15) is 29.4 Å². The lowest BCUT2D eigenvalue weighted by atomic mass is 10.1. The number of rotatable bonds is 5. The minimum Gasteiger partial charge on any atom is -0.477 e. The summed E-state index contributed by atoms with van der Waals surface area (Å²) in [5.41, 5.74) is 4.21. The molecule has 0 N–H and O–H groups in total. The summed E-state index contributed by atoms with van der Waals surface area (Å²) in [7, 11) is 0. The summed E-state index contributed by atoms with van der Waals surface area (Å²) < 4.78 is 7.50. The molecule has 5 nitrogen and oxygen atoms in total. The molecule has 0 bridgehead atoms. The summed E-state index contributed by atoms with van der Waals surface area (Å²) in [6.07, 6.45) is 2.52. The van der Waals surface area contributed by atoms with Crippen LogP contribution in [0.2, 0.25) is 0 Å². The van der Waals surface area contributed by atoms with E-state index in [-0.39, 0.29) is 0 Å². The Morgan fingerprint density at radius 2 is 1.87 bits per heavy atom. The SMILES string of the molecule is CCOc1nn(-c2nccc(C)n2)c(C)c1Cc1ccccc1. The number of aromatic nitrogens is 4. The van der Waals surface area contributed by atoms with E-state index in [1.165, 1.54) is 5.56 Å². The Kier molecular flexibility index (Phi) is 4.37. The molecular weight excluding hydrogens is 288 g/mol. The van der Waals surface area contributed by atoms with Crippen molar-refractivity contribution in [3.63, 3.8) is 0 Å². The first-order chi connectivity index (χ1) is 11.2. The zero-order chi connectivity index (χ0) is 16.2. The van der Waals surface area contributed by atoms with E-state index < -0.39 is 0 Å². The molecule has 118 valence electrons. The van der Waals surface area contributed by atoms with Crippen LogP contribution in [0.25, 0.3) is 5.95 Å². The lowest BCUT2D eigenvalue weighted by Crippen LogP contribution is -2.05. The Labute approximate surface area is 136 Å². The summed E-state index contributed by atoms with van der Waals surface area (Å²) >= 11 is 0. The molecule has 2 heterocycles. The third kappa shape index (κ3) is 3.23. The van der Waals surface area contributed by atoms with Crippen molar-refractivity contribution in [1.82, 2.24) is 19.7 Å². The first kappa shape index (κ1) is 15.2. The van der Waals surface area contributed by atoms with Gasteiger partial charge in [0.05, 0.1) is 12.3 Å². The van der Waals surface area contributed by atoms with Crippen LogP contribution in [-0.2, 0) is 6.42 Å². The molecule has 0 amide bonds. The molecule has 2 aromatic heterocycles. The molecule has 0 atom stereocenters. The Morgan fingerprint density at radius 3 is 2.57 bits per heavy atom. The van der Waals surface area contributed by atoms with Gasteiger partial charge in [-0.2, -0.15) is 4.68 Å². The maximum absolute atomic E-state index is 5.73. The van der Waals surface area contributed by atoms with E-state index in [0.29, 0.717) is 18.4 Å². The predicted octanol–water partition coefficient (Wildman–Crippen LogP) is 3.27. The Morgan fingerprint density at radius 1 is 1.09 bits per heavy atom. The number of benzene rings is 1. The highest BCUT2D eigenvalue weighted by Crippen LogP contribution is 2.26. The van der Waals surface area contributed by atoms with Gasteiger partial charge >= 0.3 is 0 Å². The van der Waals surface area contributed by atoms with Gasteiger partial charge in [0.2, 0.25) is 5.88 Å². The van der Waals surface area contributed by atoms with E-state index in [9.17, 15) is 0 Å². The molecule has 0 unspecified atom stereocenters. The van der Waals surface area contributed by atoms with E-state index >= 15 is 0 Å². The predicted molar refractivity (Wildman–Crippen MR) is 89.0 cm³/mol. The van der Waals surface area contributed by atoms with E-state index in [1.54, 1.807) is 10.9 Å². The van der Waals surface area contributed by atoms with Crippen molar-refractivity contribution in [1.29, 1.82) is 0 Å². The largest absolute Gasteiger partial charge is 0.477 e.